The number of nitrogens with one attached hydrogen (secondary N) is 2. The minimum Gasteiger partial charge on any atom is -0.322 e. The lowest BCUT2D eigenvalue weighted by Crippen LogP contribution is -2.17. The molecule has 0 aromatic heterocycles. The van der Waals surface area contributed by atoms with E-state index >= 15 is 0 Å². The molecule has 0 aliphatic heterocycles. The van der Waals surface area contributed by atoms with Crippen molar-refractivity contribution in [3.8, 4) is 0 Å². The molecule has 0 heterocycles. The summed E-state index contributed by atoms with van der Waals surface area (Å²) in [5, 5.41) is 2.80. The molecule has 0 atom stereocenters. The number of aryl methyl sites for hydroxylation is 2. The molecule has 0 unspecified atom stereocenters. The third kappa shape index (κ3) is 4.78. The number of hydrogen-bond donors (Lipinski definition) is 2. The first kappa shape index (κ1) is 20.9. The zero-order chi connectivity index (χ0) is 21.2. The summed E-state index contributed by atoms with van der Waals surface area (Å²) in [6.07, 6.45) is 0. The quantitative estimate of drug-likeness (QED) is 0.577. The Kier molecular flexibility index (Phi) is 5.96. The van der Waals surface area contributed by atoms with Crippen LogP contribution in [0, 0.1) is 20.8 Å². The van der Waals surface area contributed by atoms with Crippen LogP contribution in [0.15, 0.2) is 65.6 Å². The summed E-state index contributed by atoms with van der Waals surface area (Å²) < 4.78 is 28.4. The highest BCUT2D eigenvalue weighted by atomic mass is 35.5. The van der Waals surface area contributed by atoms with E-state index in [-0.39, 0.29) is 15.5 Å². The van der Waals surface area contributed by atoms with Crippen molar-refractivity contribution in [1.82, 2.24) is 0 Å². The standard InChI is InChI=1S/C22H21ClN2O3S/c1-14-6-4-8-18(12-14)24-22(26)17-10-11-19(23)21(13-17)29(27,28)25-20-9-5-7-15(2)16(20)3/h4-13,25H,1-3H3,(H,24,26). The second-order valence-electron chi connectivity index (χ2n) is 6.82. The van der Waals surface area contributed by atoms with Crippen LogP contribution in [0.2, 0.25) is 5.02 Å². The highest BCUT2D eigenvalue weighted by Gasteiger charge is 2.21. The number of hydrogen-bond acceptors (Lipinski definition) is 3. The van der Waals surface area contributed by atoms with Crippen molar-refractivity contribution in [2.24, 2.45) is 0 Å². The number of amides is 1. The molecule has 3 aromatic carbocycles. The summed E-state index contributed by atoms with van der Waals surface area (Å²) in [6.45, 7) is 5.65. The Balaban J connectivity index is 1.91. The fourth-order valence-electron chi connectivity index (χ4n) is 2.84. The highest BCUT2D eigenvalue weighted by molar-refractivity contribution is 7.92. The number of anilines is 2. The molecule has 2 N–H and O–H groups in total. The molecule has 29 heavy (non-hydrogen) atoms. The molecule has 0 fully saturated rings. The van der Waals surface area contributed by atoms with Gasteiger partial charge in [0.05, 0.1) is 10.7 Å². The third-order valence-corrected chi connectivity index (χ3v) is 6.45. The van der Waals surface area contributed by atoms with Gasteiger partial charge in [0, 0.05) is 11.3 Å². The van der Waals surface area contributed by atoms with Crippen molar-refractivity contribution < 1.29 is 13.2 Å². The molecule has 0 bridgehead atoms. The molecule has 3 aromatic rings. The molecule has 0 aliphatic carbocycles. The lowest BCUT2D eigenvalue weighted by atomic mass is 10.1. The molecule has 0 spiro atoms. The van der Waals surface area contributed by atoms with Crippen molar-refractivity contribution in [3.63, 3.8) is 0 Å². The fraction of sp³-hybridized carbons (Fsp3) is 0.136. The summed E-state index contributed by atoms with van der Waals surface area (Å²) in [5.74, 6) is -0.421. The van der Waals surface area contributed by atoms with E-state index < -0.39 is 15.9 Å². The monoisotopic (exact) mass is 428 g/mol. The molecule has 5 nitrogen and oxygen atoms in total. The molecule has 1 amide bonds. The molecular formula is C22H21ClN2O3S. The molecular weight excluding hydrogens is 408 g/mol. The Labute approximate surface area is 175 Å². The van der Waals surface area contributed by atoms with Gasteiger partial charge in [-0.05, 0) is 73.9 Å². The van der Waals surface area contributed by atoms with Crippen LogP contribution in [0.3, 0.4) is 0 Å². The number of carbonyl (C=O) groups is 1. The van der Waals surface area contributed by atoms with Crippen LogP contribution in [-0.2, 0) is 10.0 Å². The van der Waals surface area contributed by atoms with Gasteiger partial charge in [-0.2, -0.15) is 0 Å². The molecule has 7 heteroatoms. The van der Waals surface area contributed by atoms with E-state index in [1.54, 1.807) is 18.2 Å². The lowest BCUT2D eigenvalue weighted by molar-refractivity contribution is 0.102. The van der Waals surface area contributed by atoms with Gasteiger partial charge in [-0.25, -0.2) is 8.42 Å². The number of benzene rings is 3. The second-order valence-corrected chi connectivity index (χ2v) is 8.88. The second kappa shape index (κ2) is 8.27. The zero-order valence-corrected chi connectivity index (χ0v) is 17.9. The van der Waals surface area contributed by atoms with Crippen LogP contribution >= 0.6 is 11.6 Å². The van der Waals surface area contributed by atoms with Gasteiger partial charge in [0.15, 0.2) is 0 Å². The van der Waals surface area contributed by atoms with Gasteiger partial charge in [-0.1, -0.05) is 35.9 Å². The van der Waals surface area contributed by atoms with Gasteiger partial charge in [0.25, 0.3) is 15.9 Å². The topological polar surface area (TPSA) is 75.3 Å². The highest BCUT2D eigenvalue weighted by Crippen LogP contribution is 2.27. The Morgan fingerprint density at radius 2 is 1.66 bits per heavy atom. The van der Waals surface area contributed by atoms with E-state index in [0.717, 1.165) is 16.7 Å². The predicted octanol–water partition coefficient (Wildman–Crippen LogP) is 5.32. The average molecular weight is 429 g/mol. The molecule has 0 saturated carbocycles. The van der Waals surface area contributed by atoms with Crippen LogP contribution in [0.4, 0.5) is 11.4 Å². The van der Waals surface area contributed by atoms with E-state index in [1.165, 1.54) is 18.2 Å². The van der Waals surface area contributed by atoms with Gasteiger partial charge in [-0.15, -0.1) is 0 Å². The van der Waals surface area contributed by atoms with E-state index in [1.807, 2.05) is 45.0 Å². The van der Waals surface area contributed by atoms with Crippen molar-refractivity contribution in [3.05, 3.63) is 87.9 Å². The molecule has 150 valence electrons. The van der Waals surface area contributed by atoms with Crippen LogP contribution in [0.25, 0.3) is 0 Å². The van der Waals surface area contributed by atoms with Gasteiger partial charge in [0.1, 0.15) is 4.90 Å². The molecule has 0 radical (unpaired) electrons. The number of halogens is 1. The van der Waals surface area contributed by atoms with Crippen molar-refractivity contribution in [2.45, 2.75) is 25.7 Å². The predicted molar refractivity (Wildman–Crippen MR) is 117 cm³/mol. The van der Waals surface area contributed by atoms with Crippen molar-refractivity contribution >= 4 is 38.9 Å². The summed E-state index contributed by atoms with van der Waals surface area (Å²) in [6, 6.07) is 16.9. The Bertz CT molecular complexity index is 1190. The Morgan fingerprint density at radius 3 is 2.38 bits per heavy atom. The van der Waals surface area contributed by atoms with E-state index in [9.17, 15) is 13.2 Å². The maximum Gasteiger partial charge on any atom is 0.263 e. The van der Waals surface area contributed by atoms with Crippen LogP contribution in [0.1, 0.15) is 27.0 Å². The molecule has 0 saturated heterocycles. The summed E-state index contributed by atoms with van der Waals surface area (Å²) in [4.78, 5) is 12.4. The van der Waals surface area contributed by atoms with Gasteiger partial charge < -0.3 is 5.32 Å². The largest absolute Gasteiger partial charge is 0.322 e. The normalized spacial score (nSPS) is 11.2. The number of carbonyl (C=O) groups excluding carboxylic acids is 1. The Hall–Kier alpha value is -2.83. The molecule has 3 rings (SSSR count). The number of sulfonamides is 1. The third-order valence-electron chi connectivity index (χ3n) is 4.61. The van der Waals surface area contributed by atoms with Crippen molar-refractivity contribution in [1.29, 1.82) is 0 Å². The van der Waals surface area contributed by atoms with Crippen LogP contribution in [0.5, 0.6) is 0 Å². The fourth-order valence-corrected chi connectivity index (χ4v) is 4.49. The maximum absolute atomic E-state index is 12.9. The first-order valence-electron chi connectivity index (χ1n) is 8.94. The minimum atomic E-state index is -3.98. The smallest absolute Gasteiger partial charge is 0.263 e. The minimum absolute atomic E-state index is 0.0370. The maximum atomic E-state index is 12.9. The summed E-state index contributed by atoms with van der Waals surface area (Å²) in [7, 11) is -3.98. The van der Waals surface area contributed by atoms with Crippen molar-refractivity contribution in [2.75, 3.05) is 10.0 Å². The van der Waals surface area contributed by atoms with Gasteiger partial charge in [0.2, 0.25) is 0 Å². The summed E-state index contributed by atoms with van der Waals surface area (Å²) >= 11 is 6.15. The zero-order valence-electron chi connectivity index (χ0n) is 16.3. The van der Waals surface area contributed by atoms with Crippen LogP contribution in [-0.4, -0.2) is 14.3 Å². The number of rotatable bonds is 5. The Morgan fingerprint density at radius 1 is 0.931 bits per heavy atom. The first-order valence-corrected chi connectivity index (χ1v) is 10.8. The lowest BCUT2D eigenvalue weighted by Gasteiger charge is -2.14. The van der Waals surface area contributed by atoms with E-state index in [2.05, 4.69) is 10.0 Å². The average Bonchev–Trinajstić information content (AvgIpc) is 2.65. The van der Waals surface area contributed by atoms with Gasteiger partial charge in [-0.3, -0.25) is 9.52 Å². The van der Waals surface area contributed by atoms with E-state index in [4.69, 9.17) is 11.6 Å². The first-order chi connectivity index (χ1) is 13.7. The van der Waals surface area contributed by atoms with Crippen LogP contribution < -0.4 is 10.0 Å². The van der Waals surface area contributed by atoms with Gasteiger partial charge >= 0.3 is 0 Å². The summed E-state index contributed by atoms with van der Waals surface area (Å²) in [5.41, 5.74) is 4.07. The molecule has 0 aliphatic rings. The SMILES string of the molecule is Cc1cccc(NC(=O)c2ccc(Cl)c(S(=O)(=O)Nc3cccc(C)c3C)c2)c1. The van der Waals surface area contributed by atoms with E-state index in [0.29, 0.717) is 11.4 Å².